The molecule has 17 heavy (non-hydrogen) atoms. The first-order valence-corrected chi connectivity index (χ1v) is 6.50. The summed E-state index contributed by atoms with van der Waals surface area (Å²) in [6.45, 7) is 9.45. The first-order chi connectivity index (χ1) is 8.15. The van der Waals surface area contributed by atoms with Gasteiger partial charge in [-0.1, -0.05) is 19.9 Å². The summed E-state index contributed by atoms with van der Waals surface area (Å²) in [5.74, 6) is 0. The highest BCUT2D eigenvalue weighted by molar-refractivity contribution is 5.09. The summed E-state index contributed by atoms with van der Waals surface area (Å²) in [6, 6.07) is 6.79. The molecule has 0 bridgehead atoms. The van der Waals surface area contributed by atoms with Crippen LogP contribution in [0.2, 0.25) is 0 Å². The minimum absolute atomic E-state index is 0.579. The monoisotopic (exact) mass is 235 g/mol. The number of pyridine rings is 1. The van der Waals surface area contributed by atoms with Crippen molar-refractivity contribution < 1.29 is 0 Å². The number of hydrogen-bond acceptors (Lipinski definition) is 3. The molecule has 0 radical (unpaired) electrons. The molecule has 0 aliphatic rings. The lowest BCUT2D eigenvalue weighted by atomic mass is 10.2. The highest BCUT2D eigenvalue weighted by atomic mass is 15.1. The Morgan fingerprint density at radius 2 is 2.12 bits per heavy atom. The lowest BCUT2D eigenvalue weighted by molar-refractivity contribution is 0.276. The molecule has 1 N–H and O–H groups in total. The van der Waals surface area contributed by atoms with Crippen molar-refractivity contribution in [3.8, 4) is 0 Å². The molecule has 3 heteroatoms. The molecule has 0 aliphatic heterocycles. The number of aryl methyl sites for hydroxylation is 1. The number of rotatable bonds is 7. The molecule has 1 aromatic rings. The first-order valence-electron chi connectivity index (χ1n) is 6.50. The Hall–Kier alpha value is -0.930. The normalized spacial score (nSPS) is 13.0. The van der Waals surface area contributed by atoms with Crippen molar-refractivity contribution in [3.63, 3.8) is 0 Å². The van der Waals surface area contributed by atoms with Gasteiger partial charge in [0, 0.05) is 24.8 Å². The van der Waals surface area contributed by atoms with E-state index in [1.165, 1.54) is 6.42 Å². The highest BCUT2D eigenvalue weighted by Gasteiger charge is 2.09. The molecule has 0 amide bonds. The third-order valence-corrected chi connectivity index (χ3v) is 2.90. The van der Waals surface area contributed by atoms with Gasteiger partial charge in [0.25, 0.3) is 0 Å². The van der Waals surface area contributed by atoms with Crippen LogP contribution in [0, 0.1) is 6.92 Å². The Bertz CT molecular complexity index is 325. The topological polar surface area (TPSA) is 28.2 Å². The van der Waals surface area contributed by atoms with Crippen molar-refractivity contribution in [1.82, 2.24) is 15.2 Å². The molecule has 0 saturated heterocycles. The predicted molar refractivity (Wildman–Crippen MR) is 73.1 cm³/mol. The minimum Gasteiger partial charge on any atom is -0.313 e. The van der Waals surface area contributed by atoms with Gasteiger partial charge in [0.2, 0.25) is 0 Å². The van der Waals surface area contributed by atoms with Crippen LogP contribution >= 0.6 is 0 Å². The van der Waals surface area contributed by atoms with E-state index >= 15 is 0 Å². The van der Waals surface area contributed by atoms with Gasteiger partial charge in [-0.2, -0.15) is 0 Å². The van der Waals surface area contributed by atoms with E-state index in [9.17, 15) is 0 Å². The molecule has 0 fully saturated rings. The Morgan fingerprint density at radius 1 is 1.35 bits per heavy atom. The number of aromatic nitrogens is 1. The van der Waals surface area contributed by atoms with Gasteiger partial charge >= 0.3 is 0 Å². The second kappa shape index (κ2) is 7.41. The van der Waals surface area contributed by atoms with E-state index in [4.69, 9.17) is 0 Å². The molecular formula is C14H25N3. The molecule has 96 valence electrons. The lowest BCUT2D eigenvalue weighted by Gasteiger charge is -2.23. The van der Waals surface area contributed by atoms with Gasteiger partial charge in [-0.05, 0) is 39.1 Å². The van der Waals surface area contributed by atoms with Crippen LogP contribution in [0.1, 0.15) is 31.7 Å². The Morgan fingerprint density at radius 3 is 2.71 bits per heavy atom. The summed E-state index contributed by atoms with van der Waals surface area (Å²) < 4.78 is 0. The maximum Gasteiger partial charge on any atom is 0.0547 e. The molecular weight excluding hydrogens is 210 g/mol. The largest absolute Gasteiger partial charge is 0.313 e. The number of likely N-dealkylation sites (N-methyl/N-ethyl adjacent to an activating group) is 2. The summed E-state index contributed by atoms with van der Waals surface area (Å²) in [6.07, 6.45) is 1.17. The zero-order chi connectivity index (χ0) is 12.7. The van der Waals surface area contributed by atoms with Crippen LogP contribution in [0.5, 0.6) is 0 Å². The Balaban J connectivity index is 2.45. The van der Waals surface area contributed by atoms with Crippen LogP contribution in [0.3, 0.4) is 0 Å². The predicted octanol–water partition coefficient (Wildman–Crippen LogP) is 2.21. The Labute approximate surface area is 105 Å². The second-order valence-electron chi connectivity index (χ2n) is 4.63. The average molecular weight is 235 g/mol. The van der Waals surface area contributed by atoms with Crippen molar-refractivity contribution in [2.75, 3.05) is 20.1 Å². The van der Waals surface area contributed by atoms with E-state index in [-0.39, 0.29) is 0 Å². The van der Waals surface area contributed by atoms with Crippen molar-refractivity contribution in [1.29, 1.82) is 0 Å². The molecule has 1 rings (SSSR count). The van der Waals surface area contributed by atoms with Crippen molar-refractivity contribution >= 4 is 0 Å². The van der Waals surface area contributed by atoms with Gasteiger partial charge in [0.05, 0.1) is 5.69 Å². The van der Waals surface area contributed by atoms with Gasteiger partial charge < -0.3 is 5.32 Å². The summed E-state index contributed by atoms with van der Waals surface area (Å²) in [7, 11) is 2.16. The zero-order valence-electron chi connectivity index (χ0n) is 11.5. The van der Waals surface area contributed by atoms with E-state index in [1.807, 2.05) is 13.0 Å². The molecule has 1 atom stereocenters. The molecule has 1 heterocycles. The summed E-state index contributed by atoms with van der Waals surface area (Å²) in [5.41, 5.74) is 2.24. The van der Waals surface area contributed by atoms with Gasteiger partial charge in [0.1, 0.15) is 0 Å². The van der Waals surface area contributed by atoms with E-state index in [1.54, 1.807) is 0 Å². The molecule has 1 aromatic heterocycles. The van der Waals surface area contributed by atoms with E-state index < -0.39 is 0 Å². The molecule has 0 spiro atoms. The fourth-order valence-electron chi connectivity index (χ4n) is 2.03. The maximum absolute atomic E-state index is 4.53. The van der Waals surface area contributed by atoms with Crippen molar-refractivity contribution in [2.45, 2.75) is 39.8 Å². The second-order valence-corrected chi connectivity index (χ2v) is 4.63. The van der Waals surface area contributed by atoms with Crippen LogP contribution < -0.4 is 5.32 Å². The molecule has 0 saturated carbocycles. The average Bonchev–Trinajstić information content (AvgIpc) is 2.28. The number of nitrogens with zero attached hydrogens (tertiary/aromatic N) is 2. The summed E-state index contributed by atoms with van der Waals surface area (Å²) >= 11 is 0. The highest BCUT2D eigenvalue weighted by Crippen LogP contribution is 2.03. The SMILES string of the molecule is CCNC(CC)CN(C)Cc1cccc(C)n1. The fourth-order valence-corrected chi connectivity index (χ4v) is 2.03. The summed E-state index contributed by atoms with van der Waals surface area (Å²) in [4.78, 5) is 6.86. The van der Waals surface area contributed by atoms with E-state index in [0.717, 1.165) is 31.0 Å². The number of nitrogens with one attached hydrogen (secondary N) is 1. The summed E-state index contributed by atoms with van der Waals surface area (Å²) in [5, 5.41) is 3.50. The van der Waals surface area contributed by atoms with Crippen molar-refractivity contribution in [2.24, 2.45) is 0 Å². The van der Waals surface area contributed by atoms with E-state index in [2.05, 4.69) is 48.2 Å². The third kappa shape index (κ3) is 5.29. The van der Waals surface area contributed by atoms with Crippen LogP contribution in [0.15, 0.2) is 18.2 Å². The van der Waals surface area contributed by atoms with Crippen LogP contribution in [0.25, 0.3) is 0 Å². The van der Waals surface area contributed by atoms with Crippen LogP contribution in [0.4, 0.5) is 0 Å². The quantitative estimate of drug-likeness (QED) is 0.785. The molecule has 0 aromatic carbocycles. The van der Waals surface area contributed by atoms with E-state index in [0.29, 0.717) is 6.04 Å². The maximum atomic E-state index is 4.53. The zero-order valence-corrected chi connectivity index (χ0v) is 11.5. The lowest BCUT2D eigenvalue weighted by Crippen LogP contribution is -2.38. The third-order valence-electron chi connectivity index (χ3n) is 2.90. The van der Waals surface area contributed by atoms with Gasteiger partial charge in [-0.3, -0.25) is 9.88 Å². The Kier molecular flexibility index (Phi) is 6.16. The van der Waals surface area contributed by atoms with Crippen LogP contribution in [-0.4, -0.2) is 36.1 Å². The molecule has 1 unspecified atom stereocenters. The molecule has 0 aliphatic carbocycles. The standard InChI is InChI=1S/C14H25N3/c1-5-13(15-6-2)10-17(4)11-14-9-7-8-12(3)16-14/h7-9,13,15H,5-6,10-11H2,1-4H3. The first kappa shape index (κ1) is 14.1. The minimum atomic E-state index is 0.579. The van der Waals surface area contributed by atoms with Gasteiger partial charge in [0.15, 0.2) is 0 Å². The molecule has 3 nitrogen and oxygen atoms in total. The van der Waals surface area contributed by atoms with Gasteiger partial charge in [-0.15, -0.1) is 0 Å². The number of hydrogen-bond donors (Lipinski definition) is 1. The van der Waals surface area contributed by atoms with Gasteiger partial charge in [-0.25, -0.2) is 0 Å². The smallest absolute Gasteiger partial charge is 0.0547 e. The van der Waals surface area contributed by atoms with Crippen LogP contribution in [-0.2, 0) is 6.54 Å². The van der Waals surface area contributed by atoms with Crippen molar-refractivity contribution in [3.05, 3.63) is 29.6 Å². The fraction of sp³-hybridized carbons (Fsp3) is 0.643.